The number of amides is 3. The van der Waals surface area contributed by atoms with E-state index < -0.39 is 35.6 Å². The van der Waals surface area contributed by atoms with E-state index in [1.807, 2.05) is 0 Å². The lowest BCUT2D eigenvalue weighted by Crippen LogP contribution is -2.52. The topological polar surface area (TPSA) is 97.2 Å². The number of nitrogens with one attached hydrogen (secondary N) is 1. The Morgan fingerprint density at radius 3 is 2.48 bits per heavy atom. The number of hydrogen-bond donors (Lipinski definition) is 1. The number of alkyl halides is 3. The van der Waals surface area contributed by atoms with E-state index in [1.54, 1.807) is 18.2 Å². The second kappa shape index (κ2) is 7.54. The summed E-state index contributed by atoms with van der Waals surface area (Å²) in [5.41, 5.74) is -0.247. The van der Waals surface area contributed by atoms with Crippen molar-refractivity contribution in [2.24, 2.45) is 0 Å². The van der Waals surface area contributed by atoms with Gasteiger partial charge in [-0.25, -0.2) is 4.68 Å². The van der Waals surface area contributed by atoms with E-state index in [2.05, 4.69) is 15.6 Å². The molecule has 0 saturated carbocycles. The molecule has 1 unspecified atom stereocenters. The van der Waals surface area contributed by atoms with Crippen LogP contribution in [-0.2, 0) is 22.3 Å². The van der Waals surface area contributed by atoms with Crippen LogP contribution in [0.2, 0.25) is 0 Å². The zero-order valence-corrected chi connectivity index (χ0v) is 17.0. The van der Waals surface area contributed by atoms with E-state index in [1.165, 1.54) is 35.2 Å². The molecule has 0 spiro atoms. The first-order valence-electron chi connectivity index (χ1n) is 10.1. The van der Waals surface area contributed by atoms with Crippen molar-refractivity contribution in [2.45, 2.75) is 31.6 Å². The normalized spacial score (nSPS) is 18.5. The molecule has 3 amide bonds. The molecule has 1 saturated heterocycles. The van der Waals surface area contributed by atoms with E-state index >= 15 is 0 Å². The maximum Gasteiger partial charge on any atom is 0.435 e. The average Bonchev–Trinajstić information content (AvgIpc) is 3.36. The molecule has 0 aliphatic carbocycles. The highest BCUT2D eigenvalue weighted by atomic mass is 19.4. The fraction of sp³-hybridized carbons (Fsp3) is 0.227. The molecule has 0 radical (unpaired) electrons. The number of halogens is 3. The third-order valence-corrected chi connectivity index (χ3v) is 5.74. The maximum absolute atomic E-state index is 14.0. The van der Waals surface area contributed by atoms with Crippen LogP contribution in [0.25, 0.3) is 16.9 Å². The van der Waals surface area contributed by atoms with Gasteiger partial charge in [-0.05, 0) is 36.2 Å². The third-order valence-electron chi connectivity index (χ3n) is 5.74. The van der Waals surface area contributed by atoms with Crippen LogP contribution in [0.3, 0.4) is 0 Å². The van der Waals surface area contributed by atoms with E-state index in [-0.39, 0.29) is 36.3 Å². The fourth-order valence-electron chi connectivity index (χ4n) is 4.20. The summed E-state index contributed by atoms with van der Waals surface area (Å²) >= 11 is 0. The average molecular weight is 455 g/mol. The lowest BCUT2D eigenvalue weighted by atomic mass is 10.0. The van der Waals surface area contributed by atoms with Gasteiger partial charge >= 0.3 is 6.18 Å². The zero-order valence-electron chi connectivity index (χ0n) is 17.0. The first kappa shape index (κ1) is 20.9. The Morgan fingerprint density at radius 1 is 1.03 bits per heavy atom. The molecule has 3 heterocycles. The highest BCUT2D eigenvalue weighted by Crippen LogP contribution is 2.38. The number of piperidine rings is 1. The smallest absolute Gasteiger partial charge is 0.322 e. The van der Waals surface area contributed by atoms with E-state index in [0.717, 1.165) is 4.68 Å². The number of para-hydroxylation sites is 1. The molecule has 8 nitrogen and oxygen atoms in total. The third kappa shape index (κ3) is 3.55. The molecule has 2 aliphatic heterocycles. The molecule has 1 fully saturated rings. The number of nitrogens with zero attached hydrogens (tertiary/aromatic N) is 4. The van der Waals surface area contributed by atoms with Gasteiger partial charge in [-0.2, -0.15) is 13.2 Å². The molecule has 11 heteroatoms. The van der Waals surface area contributed by atoms with Crippen LogP contribution in [0.5, 0.6) is 0 Å². The Kier molecular flexibility index (Phi) is 4.76. The Morgan fingerprint density at radius 2 is 1.79 bits per heavy atom. The number of benzene rings is 2. The first-order valence-corrected chi connectivity index (χ1v) is 10.1. The second-order valence-electron chi connectivity index (χ2n) is 7.80. The number of aromatic nitrogens is 3. The van der Waals surface area contributed by atoms with E-state index in [0.29, 0.717) is 11.1 Å². The minimum Gasteiger partial charge on any atom is -0.322 e. The van der Waals surface area contributed by atoms with E-state index in [9.17, 15) is 27.6 Å². The van der Waals surface area contributed by atoms with Gasteiger partial charge in [0, 0.05) is 24.1 Å². The highest BCUT2D eigenvalue weighted by Gasteiger charge is 2.42. The van der Waals surface area contributed by atoms with Gasteiger partial charge in [0.1, 0.15) is 11.7 Å². The molecule has 2 aliphatic rings. The largest absolute Gasteiger partial charge is 0.435 e. The van der Waals surface area contributed by atoms with Crippen LogP contribution in [0.1, 0.15) is 34.5 Å². The summed E-state index contributed by atoms with van der Waals surface area (Å²) in [7, 11) is 0. The molecule has 33 heavy (non-hydrogen) atoms. The Bertz CT molecular complexity index is 1290. The summed E-state index contributed by atoms with van der Waals surface area (Å²) in [4.78, 5) is 37.8. The van der Waals surface area contributed by atoms with Crippen LogP contribution >= 0.6 is 0 Å². The molecule has 1 N–H and O–H groups in total. The van der Waals surface area contributed by atoms with Gasteiger partial charge in [-0.15, -0.1) is 5.10 Å². The van der Waals surface area contributed by atoms with Crippen molar-refractivity contribution >= 4 is 17.7 Å². The molecule has 5 rings (SSSR count). The molecule has 3 aromatic rings. The quantitative estimate of drug-likeness (QED) is 0.613. The summed E-state index contributed by atoms with van der Waals surface area (Å²) in [6.45, 7) is 0.0441. The summed E-state index contributed by atoms with van der Waals surface area (Å²) in [6, 6.07) is 11.3. The summed E-state index contributed by atoms with van der Waals surface area (Å²) in [5, 5.41) is 9.74. The van der Waals surface area contributed by atoms with Crippen molar-refractivity contribution in [1.82, 2.24) is 25.2 Å². The molecular weight excluding hydrogens is 439 g/mol. The van der Waals surface area contributed by atoms with E-state index in [4.69, 9.17) is 0 Å². The molecule has 2 aromatic carbocycles. The number of carbonyl (C=O) groups excluding carboxylic acids is 3. The lowest BCUT2D eigenvalue weighted by Gasteiger charge is -2.29. The predicted molar refractivity (Wildman–Crippen MR) is 108 cm³/mol. The molecular formula is C22H16F3N5O3. The summed E-state index contributed by atoms with van der Waals surface area (Å²) < 4.78 is 42.7. The molecule has 0 bridgehead atoms. The number of carbonyl (C=O) groups is 3. The number of fused-ring (bicyclic) bond motifs is 1. The van der Waals surface area contributed by atoms with Gasteiger partial charge in [0.25, 0.3) is 5.91 Å². The van der Waals surface area contributed by atoms with Gasteiger partial charge < -0.3 is 4.90 Å². The molecule has 168 valence electrons. The van der Waals surface area contributed by atoms with Crippen molar-refractivity contribution < 1.29 is 27.6 Å². The predicted octanol–water partition coefficient (Wildman–Crippen LogP) is 2.71. The van der Waals surface area contributed by atoms with Gasteiger partial charge in [-0.3, -0.25) is 19.7 Å². The lowest BCUT2D eigenvalue weighted by molar-refractivity contribution is -0.142. The van der Waals surface area contributed by atoms with Crippen LogP contribution < -0.4 is 5.32 Å². The number of imide groups is 1. The van der Waals surface area contributed by atoms with Crippen LogP contribution in [0, 0.1) is 0 Å². The summed E-state index contributed by atoms with van der Waals surface area (Å²) in [6.07, 6.45) is -4.43. The van der Waals surface area contributed by atoms with Crippen LogP contribution in [0.15, 0.2) is 48.5 Å². The minimum atomic E-state index is -4.73. The first-order chi connectivity index (χ1) is 15.7. The Labute approximate surface area is 185 Å². The second-order valence-corrected chi connectivity index (χ2v) is 7.80. The number of hydrogen-bond acceptors (Lipinski definition) is 5. The van der Waals surface area contributed by atoms with Crippen molar-refractivity contribution in [3.05, 3.63) is 65.4 Å². The Balaban J connectivity index is 1.52. The standard InChI is InChI=1S/C22H16F3N5O3/c23-22(24,25)19-18(27-28-30(19)14-4-2-1-3-5-14)12-6-7-15-13(10-12)11-29(21(15)33)16-8-9-17(31)26-20(16)32/h1-7,10,16H,8-9,11H2,(H,26,31,32). The van der Waals surface area contributed by atoms with Crippen molar-refractivity contribution in [3.63, 3.8) is 0 Å². The fourth-order valence-corrected chi connectivity index (χ4v) is 4.20. The zero-order chi connectivity index (χ0) is 23.3. The van der Waals surface area contributed by atoms with Crippen molar-refractivity contribution in [3.8, 4) is 16.9 Å². The van der Waals surface area contributed by atoms with Crippen molar-refractivity contribution in [1.29, 1.82) is 0 Å². The molecule has 1 atom stereocenters. The van der Waals surface area contributed by atoms with Crippen molar-refractivity contribution in [2.75, 3.05) is 0 Å². The Hall–Kier alpha value is -4.02. The highest BCUT2D eigenvalue weighted by molar-refractivity contribution is 6.05. The summed E-state index contributed by atoms with van der Waals surface area (Å²) in [5.74, 6) is -1.36. The SMILES string of the molecule is O=C1CCC(N2Cc3cc(-c4nnn(-c5ccccc5)c4C(F)(F)F)ccc3C2=O)C(=O)N1. The molecule has 1 aromatic heterocycles. The monoisotopic (exact) mass is 455 g/mol. The minimum absolute atomic E-state index is 0.0441. The van der Waals surface area contributed by atoms with Gasteiger partial charge in [0.2, 0.25) is 11.8 Å². The van der Waals surface area contributed by atoms with Gasteiger partial charge in [0.15, 0.2) is 5.69 Å². The van der Waals surface area contributed by atoms with Crippen LogP contribution in [0.4, 0.5) is 13.2 Å². The van der Waals surface area contributed by atoms with Crippen LogP contribution in [-0.4, -0.2) is 43.7 Å². The van der Waals surface area contributed by atoms with Gasteiger partial charge in [0.05, 0.1) is 5.69 Å². The maximum atomic E-state index is 14.0. The number of rotatable bonds is 3. The van der Waals surface area contributed by atoms with Gasteiger partial charge in [-0.1, -0.05) is 29.5 Å².